The Morgan fingerprint density at radius 2 is 1.90 bits per heavy atom. The SMILES string of the molecule is CCOC(=O)N1CCN(c2c(C)cccc2C(C)C)CC1. The van der Waals surface area contributed by atoms with E-state index in [0.717, 1.165) is 26.2 Å². The van der Waals surface area contributed by atoms with Crippen LogP contribution in [0.15, 0.2) is 18.2 Å². The van der Waals surface area contributed by atoms with Crippen LogP contribution in [0, 0.1) is 6.92 Å². The Hall–Kier alpha value is -1.71. The number of rotatable bonds is 3. The van der Waals surface area contributed by atoms with Gasteiger partial charge in [-0.3, -0.25) is 0 Å². The van der Waals surface area contributed by atoms with Crippen molar-refractivity contribution in [3.8, 4) is 0 Å². The van der Waals surface area contributed by atoms with Crippen LogP contribution >= 0.6 is 0 Å². The Balaban J connectivity index is 2.11. The number of para-hydroxylation sites is 1. The molecule has 0 aromatic heterocycles. The zero-order valence-corrected chi connectivity index (χ0v) is 13.6. The average Bonchev–Trinajstić information content (AvgIpc) is 2.47. The Morgan fingerprint density at radius 3 is 2.48 bits per heavy atom. The molecule has 0 spiro atoms. The van der Waals surface area contributed by atoms with E-state index in [1.165, 1.54) is 16.8 Å². The molecule has 0 unspecified atom stereocenters. The van der Waals surface area contributed by atoms with Gasteiger partial charge in [-0.15, -0.1) is 0 Å². The van der Waals surface area contributed by atoms with Crippen LogP contribution < -0.4 is 4.90 Å². The molecule has 2 rings (SSSR count). The topological polar surface area (TPSA) is 32.8 Å². The minimum Gasteiger partial charge on any atom is -0.450 e. The summed E-state index contributed by atoms with van der Waals surface area (Å²) < 4.78 is 5.08. The smallest absolute Gasteiger partial charge is 0.409 e. The van der Waals surface area contributed by atoms with Crippen molar-refractivity contribution in [3.63, 3.8) is 0 Å². The number of hydrogen-bond acceptors (Lipinski definition) is 3. The summed E-state index contributed by atoms with van der Waals surface area (Å²) in [4.78, 5) is 16.0. The summed E-state index contributed by atoms with van der Waals surface area (Å²) in [7, 11) is 0. The molecule has 0 aliphatic carbocycles. The predicted octanol–water partition coefficient (Wildman–Crippen LogP) is 3.40. The highest BCUT2D eigenvalue weighted by Crippen LogP contribution is 2.31. The standard InChI is InChI=1S/C17H26N2O2/c1-5-21-17(20)19-11-9-18(10-12-19)16-14(4)7-6-8-15(16)13(2)3/h6-8,13H,5,9-12H2,1-4H3. The van der Waals surface area contributed by atoms with E-state index in [0.29, 0.717) is 12.5 Å². The van der Waals surface area contributed by atoms with Crippen molar-refractivity contribution in [1.29, 1.82) is 0 Å². The summed E-state index contributed by atoms with van der Waals surface area (Å²) in [5.41, 5.74) is 4.04. The highest BCUT2D eigenvalue weighted by atomic mass is 16.6. The molecule has 1 saturated heterocycles. The highest BCUT2D eigenvalue weighted by Gasteiger charge is 2.24. The first-order valence-electron chi connectivity index (χ1n) is 7.80. The van der Waals surface area contributed by atoms with Gasteiger partial charge in [0.05, 0.1) is 6.61 Å². The minimum absolute atomic E-state index is 0.189. The molecule has 116 valence electrons. The third-order valence-electron chi connectivity index (χ3n) is 4.01. The number of carbonyl (C=O) groups is 1. The van der Waals surface area contributed by atoms with E-state index < -0.39 is 0 Å². The fourth-order valence-electron chi connectivity index (χ4n) is 2.91. The fraction of sp³-hybridized carbons (Fsp3) is 0.588. The van der Waals surface area contributed by atoms with Gasteiger partial charge in [0.15, 0.2) is 0 Å². The molecule has 1 heterocycles. The van der Waals surface area contributed by atoms with E-state index in [1.54, 1.807) is 4.90 Å². The van der Waals surface area contributed by atoms with Crippen LogP contribution in [0.2, 0.25) is 0 Å². The van der Waals surface area contributed by atoms with Gasteiger partial charge < -0.3 is 14.5 Å². The van der Waals surface area contributed by atoms with Crippen molar-refractivity contribution < 1.29 is 9.53 Å². The van der Waals surface area contributed by atoms with Crippen molar-refractivity contribution in [1.82, 2.24) is 4.90 Å². The van der Waals surface area contributed by atoms with Crippen LogP contribution in [0.1, 0.15) is 37.8 Å². The molecule has 1 aromatic rings. The number of benzene rings is 1. The average molecular weight is 290 g/mol. The monoisotopic (exact) mass is 290 g/mol. The van der Waals surface area contributed by atoms with Crippen molar-refractivity contribution in [3.05, 3.63) is 29.3 Å². The zero-order chi connectivity index (χ0) is 15.4. The molecule has 0 saturated carbocycles. The molecule has 0 N–H and O–H groups in total. The lowest BCUT2D eigenvalue weighted by Crippen LogP contribution is -2.49. The lowest BCUT2D eigenvalue weighted by Gasteiger charge is -2.37. The Labute approximate surface area is 127 Å². The number of piperazine rings is 1. The second-order valence-electron chi connectivity index (χ2n) is 5.84. The molecule has 4 nitrogen and oxygen atoms in total. The predicted molar refractivity (Wildman–Crippen MR) is 86.1 cm³/mol. The van der Waals surface area contributed by atoms with E-state index in [9.17, 15) is 4.79 Å². The lowest BCUT2D eigenvalue weighted by atomic mass is 9.97. The minimum atomic E-state index is -0.189. The van der Waals surface area contributed by atoms with E-state index in [4.69, 9.17) is 4.74 Å². The number of carbonyl (C=O) groups excluding carboxylic acids is 1. The molecule has 0 bridgehead atoms. The maximum Gasteiger partial charge on any atom is 0.409 e. The summed E-state index contributed by atoms with van der Waals surface area (Å²) in [5, 5.41) is 0. The Bertz CT molecular complexity index is 492. The van der Waals surface area contributed by atoms with Gasteiger partial charge in [0.25, 0.3) is 0 Å². The number of hydrogen-bond donors (Lipinski definition) is 0. The number of amides is 1. The number of nitrogens with zero attached hydrogens (tertiary/aromatic N) is 2. The van der Waals surface area contributed by atoms with E-state index in [-0.39, 0.29) is 6.09 Å². The summed E-state index contributed by atoms with van der Waals surface area (Å²) in [6, 6.07) is 6.51. The van der Waals surface area contributed by atoms with Crippen LogP contribution in [0.5, 0.6) is 0 Å². The maximum atomic E-state index is 11.8. The third-order valence-corrected chi connectivity index (χ3v) is 4.01. The molecule has 1 aromatic carbocycles. The summed E-state index contributed by atoms with van der Waals surface area (Å²) in [6.45, 7) is 12.1. The third kappa shape index (κ3) is 3.49. The van der Waals surface area contributed by atoms with Gasteiger partial charge in [-0.2, -0.15) is 0 Å². The van der Waals surface area contributed by atoms with E-state index >= 15 is 0 Å². The lowest BCUT2D eigenvalue weighted by molar-refractivity contribution is 0.105. The maximum absolute atomic E-state index is 11.8. The Morgan fingerprint density at radius 1 is 1.24 bits per heavy atom. The number of aryl methyl sites for hydroxylation is 1. The van der Waals surface area contributed by atoms with Gasteiger partial charge in [-0.25, -0.2) is 4.79 Å². The first-order chi connectivity index (χ1) is 10.0. The van der Waals surface area contributed by atoms with E-state index in [1.807, 2.05) is 6.92 Å². The molecular weight excluding hydrogens is 264 g/mol. The van der Waals surface area contributed by atoms with Crippen LogP contribution in [0.3, 0.4) is 0 Å². The van der Waals surface area contributed by atoms with E-state index in [2.05, 4.69) is 43.9 Å². The molecule has 0 atom stereocenters. The second kappa shape index (κ2) is 6.83. The van der Waals surface area contributed by atoms with Crippen molar-refractivity contribution in [2.45, 2.75) is 33.6 Å². The summed E-state index contributed by atoms with van der Waals surface area (Å²) in [5.74, 6) is 0.503. The van der Waals surface area contributed by atoms with Gasteiger partial charge in [0, 0.05) is 31.9 Å². The molecule has 4 heteroatoms. The summed E-state index contributed by atoms with van der Waals surface area (Å²) >= 11 is 0. The normalized spacial score (nSPS) is 15.5. The van der Waals surface area contributed by atoms with Crippen molar-refractivity contribution in [2.75, 3.05) is 37.7 Å². The summed E-state index contributed by atoms with van der Waals surface area (Å²) in [6.07, 6.45) is -0.189. The van der Waals surface area contributed by atoms with Gasteiger partial charge in [0.1, 0.15) is 0 Å². The molecule has 1 amide bonds. The first kappa shape index (κ1) is 15.7. The largest absolute Gasteiger partial charge is 0.450 e. The van der Waals surface area contributed by atoms with Crippen LogP contribution in [-0.2, 0) is 4.74 Å². The van der Waals surface area contributed by atoms with Crippen molar-refractivity contribution in [2.24, 2.45) is 0 Å². The highest BCUT2D eigenvalue weighted by molar-refractivity contribution is 5.68. The molecule has 0 radical (unpaired) electrons. The fourth-order valence-corrected chi connectivity index (χ4v) is 2.91. The van der Waals surface area contributed by atoms with Crippen LogP contribution in [0.25, 0.3) is 0 Å². The van der Waals surface area contributed by atoms with Gasteiger partial charge >= 0.3 is 6.09 Å². The second-order valence-corrected chi connectivity index (χ2v) is 5.84. The zero-order valence-electron chi connectivity index (χ0n) is 13.6. The van der Waals surface area contributed by atoms with Gasteiger partial charge in [-0.05, 0) is 30.9 Å². The van der Waals surface area contributed by atoms with Gasteiger partial charge in [-0.1, -0.05) is 32.0 Å². The molecular formula is C17H26N2O2. The van der Waals surface area contributed by atoms with Gasteiger partial charge in [0.2, 0.25) is 0 Å². The van der Waals surface area contributed by atoms with Crippen LogP contribution in [-0.4, -0.2) is 43.8 Å². The molecule has 1 aliphatic heterocycles. The molecule has 1 aliphatic rings. The van der Waals surface area contributed by atoms with Crippen molar-refractivity contribution >= 4 is 11.8 Å². The van der Waals surface area contributed by atoms with Crippen LogP contribution in [0.4, 0.5) is 10.5 Å². The molecule has 1 fully saturated rings. The number of ether oxygens (including phenoxy) is 1. The molecule has 21 heavy (non-hydrogen) atoms. The first-order valence-corrected chi connectivity index (χ1v) is 7.80. The number of anilines is 1. The quantitative estimate of drug-likeness (QED) is 0.855. The Kier molecular flexibility index (Phi) is 5.10.